The first-order valence-corrected chi connectivity index (χ1v) is 11.1. The number of hydrogen-bond acceptors (Lipinski definition) is 8. The second kappa shape index (κ2) is 11.6. The van der Waals surface area contributed by atoms with E-state index in [1.165, 1.54) is 6.08 Å². The van der Waals surface area contributed by atoms with Crippen LogP contribution in [0.1, 0.15) is 57.8 Å². The van der Waals surface area contributed by atoms with Gasteiger partial charge in [-0.05, 0) is 51.8 Å². The molecule has 1 aliphatic carbocycles. The summed E-state index contributed by atoms with van der Waals surface area (Å²) in [6.07, 6.45) is 0.0954. The number of benzene rings is 1. The Bertz CT molecular complexity index is 945. The third-order valence-corrected chi connectivity index (χ3v) is 4.94. The number of carbonyl (C=O) groups excluding carboxylic acids is 3. The molecule has 0 spiro atoms. The number of ether oxygens (including phenoxy) is 3. The number of hydrogen-bond donors (Lipinski definition) is 3. The smallest absolute Gasteiger partial charge is 0.408 e. The highest BCUT2D eigenvalue weighted by molar-refractivity contribution is 5.89. The lowest BCUT2D eigenvalue weighted by molar-refractivity contribution is -0.149. The summed E-state index contributed by atoms with van der Waals surface area (Å²) >= 11 is 0. The first-order valence-electron chi connectivity index (χ1n) is 11.1. The van der Waals surface area contributed by atoms with Gasteiger partial charge < -0.3 is 29.7 Å². The fourth-order valence-electron chi connectivity index (χ4n) is 3.22. The third-order valence-electron chi connectivity index (χ3n) is 4.94. The van der Waals surface area contributed by atoms with Gasteiger partial charge in [0.15, 0.2) is 5.76 Å². The van der Waals surface area contributed by atoms with Crippen molar-refractivity contribution >= 4 is 18.0 Å². The summed E-state index contributed by atoms with van der Waals surface area (Å²) in [5, 5.41) is 22.1. The Hall–Kier alpha value is -3.49. The van der Waals surface area contributed by atoms with Crippen molar-refractivity contribution in [2.75, 3.05) is 6.61 Å². The number of carbonyl (C=O) groups is 3. The Morgan fingerprint density at radius 3 is 2.41 bits per heavy atom. The first kappa shape index (κ1) is 26.8. The molecule has 186 valence electrons. The van der Waals surface area contributed by atoms with Crippen molar-refractivity contribution in [3.8, 4) is 0 Å². The van der Waals surface area contributed by atoms with Crippen molar-refractivity contribution < 1.29 is 38.8 Å². The Kier molecular flexibility index (Phi) is 9.11. The molecule has 9 heteroatoms. The average molecular weight is 476 g/mol. The van der Waals surface area contributed by atoms with Crippen molar-refractivity contribution in [2.45, 2.75) is 65.2 Å². The van der Waals surface area contributed by atoms with Crippen molar-refractivity contribution in [3.05, 3.63) is 59.1 Å². The maximum absolute atomic E-state index is 12.8. The maximum Gasteiger partial charge on any atom is 0.408 e. The van der Waals surface area contributed by atoms with Crippen LogP contribution in [0.3, 0.4) is 0 Å². The van der Waals surface area contributed by atoms with E-state index in [0.29, 0.717) is 11.1 Å². The lowest BCUT2D eigenvalue weighted by atomic mass is 9.87. The molecule has 2 unspecified atom stereocenters. The number of alkyl carbamates (subject to hydrolysis) is 1. The minimum atomic E-state index is -1.12. The molecule has 0 bridgehead atoms. The van der Waals surface area contributed by atoms with Gasteiger partial charge >= 0.3 is 18.0 Å². The van der Waals surface area contributed by atoms with Crippen LogP contribution in [0.5, 0.6) is 0 Å². The van der Waals surface area contributed by atoms with Crippen LogP contribution in [0.4, 0.5) is 4.79 Å². The Labute approximate surface area is 199 Å². The van der Waals surface area contributed by atoms with Crippen molar-refractivity contribution in [2.24, 2.45) is 5.92 Å². The number of nitrogens with one attached hydrogen (secondary N) is 1. The number of aliphatic hydroxyl groups is 2. The van der Waals surface area contributed by atoms with E-state index in [4.69, 9.17) is 14.2 Å². The monoisotopic (exact) mass is 475 g/mol. The summed E-state index contributed by atoms with van der Waals surface area (Å²) in [5.74, 6) is -1.88. The van der Waals surface area contributed by atoms with E-state index < -0.39 is 35.8 Å². The standard InChI is InChI=1S/C25H33NO8/c1-15-11-20(27)21(28)13-18(15)12-19(26-24(31)34-25(3,4)5)23(30)32-14-16(2)33-22(29)17-9-7-6-8-10-17/h6-10,13,15-16,19,27-28H,11-12,14H2,1-5H3,(H,26,31)/t15?,16-,19?/m1/s1. The zero-order valence-electron chi connectivity index (χ0n) is 20.2. The van der Waals surface area contributed by atoms with E-state index in [-0.39, 0.29) is 36.9 Å². The van der Waals surface area contributed by atoms with Crippen LogP contribution in [0.2, 0.25) is 0 Å². The van der Waals surface area contributed by atoms with Gasteiger partial charge in [-0.1, -0.05) is 30.7 Å². The lowest BCUT2D eigenvalue weighted by Gasteiger charge is -2.26. The van der Waals surface area contributed by atoms with Gasteiger partial charge in [0.25, 0.3) is 0 Å². The molecule has 0 saturated heterocycles. The summed E-state index contributed by atoms with van der Waals surface area (Å²) < 4.78 is 15.9. The highest BCUT2D eigenvalue weighted by Gasteiger charge is 2.30. The fourth-order valence-corrected chi connectivity index (χ4v) is 3.22. The number of esters is 2. The topological polar surface area (TPSA) is 131 Å². The molecule has 1 amide bonds. The second-order valence-electron chi connectivity index (χ2n) is 9.27. The minimum Gasteiger partial charge on any atom is -0.508 e. The van der Waals surface area contributed by atoms with Crippen LogP contribution < -0.4 is 5.32 Å². The third kappa shape index (κ3) is 8.46. The molecule has 3 N–H and O–H groups in total. The van der Waals surface area contributed by atoms with E-state index in [2.05, 4.69) is 5.32 Å². The van der Waals surface area contributed by atoms with Crippen LogP contribution in [-0.2, 0) is 19.0 Å². The number of amides is 1. The fraction of sp³-hybridized carbons (Fsp3) is 0.480. The Balaban J connectivity index is 2.05. The molecule has 3 atom stereocenters. The molecule has 0 aliphatic heterocycles. The van der Waals surface area contributed by atoms with Gasteiger partial charge in [-0.15, -0.1) is 0 Å². The predicted octanol–water partition coefficient (Wildman–Crippen LogP) is 4.35. The molecule has 0 heterocycles. The minimum absolute atomic E-state index is 0.0365. The summed E-state index contributed by atoms with van der Waals surface area (Å²) in [6.45, 7) is 8.28. The zero-order valence-corrected chi connectivity index (χ0v) is 20.2. The van der Waals surface area contributed by atoms with Gasteiger partial charge in [0.05, 0.1) is 5.56 Å². The average Bonchev–Trinajstić information content (AvgIpc) is 2.74. The van der Waals surface area contributed by atoms with Crippen molar-refractivity contribution in [1.29, 1.82) is 0 Å². The van der Waals surface area contributed by atoms with Gasteiger partial charge in [-0.3, -0.25) is 0 Å². The van der Waals surface area contributed by atoms with Crippen LogP contribution in [0, 0.1) is 5.92 Å². The summed E-state index contributed by atoms with van der Waals surface area (Å²) in [7, 11) is 0. The molecular formula is C25H33NO8. The molecule has 1 aromatic carbocycles. The summed E-state index contributed by atoms with van der Waals surface area (Å²) in [4.78, 5) is 37.3. The lowest BCUT2D eigenvalue weighted by Crippen LogP contribution is -2.45. The van der Waals surface area contributed by atoms with Crippen molar-refractivity contribution in [3.63, 3.8) is 0 Å². The summed E-state index contributed by atoms with van der Waals surface area (Å²) in [6, 6.07) is 7.31. The molecule has 0 radical (unpaired) electrons. The normalized spacial score (nSPS) is 17.8. The van der Waals surface area contributed by atoms with E-state index in [9.17, 15) is 24.6 Å². The van der Waals surface area contributed by atoms with Crippen LogP contribution in [0.15, 0.2) is 53.5 Å². The highest BCUT2D eigenvalue weighted by atomic mass is 16.6. The molecule has 2 rings (SSSR count). The van der Waals surface area contributed by atoms with Crippen LogP contribution in [0.25, 0.3) is 0 Å². The van der Waals surface area contributed by atoms with E-state index >= 15 is 0 Å². The number of rotatable bonds is 8. The van der Waals surface area contributed by atoms with Gasteiger partial charge in [-0.2, -0.15) is 0 Å². The second-order valence-corrected chi connectivity index (χ2v) is 9.27. The van der Waals surface area contributed by atoms with Gasteiger partial charge in [-0.25, -0.2) is 14.4 Å². The zero-order chi connectivity index (χ0) is 25.5. The Morgan fingerprint density at radius 2 is 1.79 bits per heavy atom. The molecule has 1 aromatic rings. The Morgan fingerprint density at radius 1 is 1.15 bits per heavy atom. The molecule has 0 fully saturated rings. The quantitative estimate of drug-likeness (QED) is 0.373. The van der Waals surface area contributed by atoms with Crippen LogP contribution in [-0.4, -0.2) is 52.6 Å². The van der Waals surface area contributed by atoms with Gasteiger partial charge in [0.1, 0.15) is 30.1 Å². The van der Waals surface area contributed by atoms with Gasteiger partial charge in [0, 0.05) is 12.8 Å². The predicted molar refractivity (Wildman–Crippen MR) is 124 cm³/mol. The highest BCUT2D eigenvalue weighted by Crippen LogP contribution is 2.30. The van der Waals surface area contributed by atoms with E-state index in [1.807, 2.05) is 6.92 Å². The largest absolute Gasteiger partial charge is 0.508 e. The number of aliphatic hydroxyl groups excluding tert-OH is 2. The maximum atomic E-state index is 12.8. The van der Waals surface area contributed by atoms with Gasteiger partial charge in [0.2, 0.25) is 0 Å². The molecule has 0 saturated carbocycles. The van der Waals surface area contributed by atoms with E-state index in [1.54, 1.807) is 58.0 Å². The van der Waals surface area contributed by atoms with Crippen LogP contribution >= 0.6 is 0 Å². The van der Waals surface area contributed by atoms with Crippen molar-refractivity contribution in [1.82, 2.24) is 5.32 Å². The van der Waals surface area contributed by atoms with E-state index in [0.717, 1.165) is 0 Å². The SMILES string of the molecule is CC1CC(O)=C(O)C=C1CC(NC(=O)OC(C)(C)C)C(=O)OC[C@@H](C)OC(=O)c1ccccc1. The molecular weight excluding hydrogens is 442 g/mol. The molecule has 34 heavy (non-hydrogen) atoms. The molecule has 1 aliphatic rings. The number of allylic oxidation sites excluding steroid dienone is 2. The first-order chi connectivity index (χ1) is 15.9. The molecule has 0 aromatic heterocycles. The summed E-state index contributed by atoms with van der Waals surface area (Å²) in [5.41, 5.74) is 0.249. The molecule has 9 nitrogen and oxygen atoms in total.